The van der Waals surface area contributed by atoms with Crippen molar-refractivity contribution in [1.29, 1.82) is 0 Å². The Morgan fingerprint density at radius 1 is 1.00 bits per heavy atom. The highest BCUT2D eigenvalue weighted by Crippen LogP contribution is 2.43. The van der Waals surface area contributed by atoms with Gasteiger partial charge in [-0.1, -0.05) is 26.0 Å². The maximum absolute atomic E-state index is 3.75. The van der Waals surface area contributed by atoms with Gasteiger partial charge in [0.25, 0.3) is 0 Å². The van der Waals surface area contributed by atoms with Crippen LogP contribution < -0.4 is 15.5 Å². The van der Waals surface area contributed by atoms with Gasteiger partial charge < -0.3 is 20.4 Å². The Hall–Kier alpha value is -1.98. The molecule has 1 aromatic carbocycles. The lowest BCUT2D eigenvalue weighted by atomic mass is 9.93. The zero-order chi connectivity index (χ0) is 19.1. The summed E-state index contributed by atoms with van der Waals surface area (Å²) in [4.78, 5) is 6.46. The molecule has 2 fully saturated rings. The number of likely N-dealkylation sites (tertiary alicyclic amines) is 1. The largest absolute Gasteiger partial charge is 0.373 e. The topological polar surface area (TPSA) is 30.5 Å². The molecular weight excluding hydrogens is 364 g/mol. The Labute approximate surface area is 172 Å². The number of hydrogen-bond donors (Lipinski definition) is 2. The average molecular weight is 395 g/mol. The standard InChI is InChI=1S/C23H30N4S/c1-23(2)8-11-27(16-23)21-15-20(25-19-7-14-28-22(19)21)17-3-5-18(6-4-17)26-12-9-24-10-13-26/h3-7,14-15,20,24-25H,8-13,16H2,1-2H3. The van der Waals surface area contributed by atoms with E-state index >= 15 is 0 Å². The minimum atomic E-state index is 0.234. The van der Waals surface area contributed by atoms with E-state index in [1.807, 2.05) is 11.3 Å². The maximum atomic E-state index is 3.75. The van der Waals surface area contributed by atoms with Crippen LogP contribution in [0.5, 0.6) is 0 Å². The number of thiophene rings is 1. The van der Waals surface area contributed by atoms with Crippen molar-refractivity contribution in [3.63, 3.8) is 0 Å². The summed E-state index contributed by atoms with van der Waals surface area (Å²) in [6.07, 6.45) is 3.71. The van der Waals surface area contributed by atoms with Gasteiger partial charge in [0.05, 0.1) is 22.3 Å². The summed E-state index contributed by atoms with van der Waals surface area (Å²) in [5, 5.41) is 9.39. The molecule has 28 heavy (non-hydrogen) atoms. The van der Waals surface area contributed by atoms with Gasteiger partial charge in [0.1, 0.15) is 0 Å². The van der Waals surface area contributed by atoms with Crippen LogP contribution in [-0.4, -0.2) is 44.2 Å². The van der Waals surface area contributed by atoms with E-state index in [2.05, 4.69) is 76.1 Å². The minimum absolute atomic E-state index is 0.234. The Morgan fingerprint density at radius 3 is 2.50 bits per heavy atom. The monoisotopic (exact) mass is 394 g/mol. The highest BCUT2D eigenvalue weighted by Gasteiger charge is 2.33. The van der Waals surface area contributed by atoms with Crippen LogP contribution in [0.25, 0.3) is 5.70 Å². The van der Waals surface area contributed by atoms with Crippen molar-refractivity contribution in [2.24, 2.45) is 5.41 Å². The number of nitrogens with one attached hydrogen (secondary N) is 2. The van der Waals surface area contributed by atoms with Crippen LogP contribution in [0.4, 0.5) is 11.4 Å². The van der Waals surface area contributed by atoms with Crippen molar-refractivity contribution in [2.75, 3.05) is 49.5 Å². The number of nitrogens with zero attached hydrogens (tertiary/aromatic N) is 2. The molecule has 1 atom stereocenters. The van der Waals surface area contributed by atoms with E-state index in [-0.39, 0.29) is 6.04 Å². The summed E-state index contributed by atoms with van der Waals surface area (Å²) in [7, 11) is 0. The molecule has 4 heterocycles. The van der Waals surface area contributed by atoms with Crippen LogP contribution in [0.1, 0.15) is 36.8 Å². The zero-order valence-electron chi connectivity index (χ0n) is 16.9. The van der Waals surface area contributed by atoms with Gasteiger partial charge in [-0.3, -0.25) is 0 Å². The fraction of sp³-hybridized carbons (Fsp3) is 0.478. The second-order valence-corrected chi connectivity index (χ2v) is 9.92. The molecule has 1 aromatic heterocycles. The van der Waals surface area contributed by atoms with E-state index < -0.39 is 0 Å². The smallest absolute Gasteiger partial charge is 0.0733 e. The third-order valence-corrected chi connectivity index (χ3v) is 7.22. The van der Waals surface area contributed by atoms with Crippen molar-refractivity contribution >= 4 is 28.4 Å². The molecule has 3 aliphatic heterocycles. The number of benzene rings is 1. The fourth-order valence-corrected chi connectivity index (χ4v) is 5.54. The van der Waals surface area contributed by atoms with E-state index in [0.29, 0.717) is 5.41 Å². The van der Waals surface area contributed by atoms with Crippen LogP contribution >= 0.6 is 11.3 Å². The first-order chi connectivity index (χ1) is 13.6. The zero-order valence-corrected chi connectivity index (χ0v) is 17.7. The Balaban J connectivity index is 1.41. The van der Waals surface area contributed by atoms with Crippen LogP contribution in [0, 0.1) is 5.41 Å². The van der Waals surface area contributed by atoms with Crippen LogP contribution in [-0.2, 0) is 0 Å². The summed E-state index contributed by atoms with van der Waals surface area (Å²) >= 11 is 1.85. The van der Waals surface area contributed by atoms with E-state index in [1.165, 1.54) is 33.9 Å². The van der Waals surface area contributed by atoms with Crippen molar-refractivity contribution in [3.8, 4) is 0 Å². The van der Waals surface area contributed by atoms with Gasteiger partial charge in [0.15, 0.2) is 0 Å². The molecule has 148 valence electrons. The molecule has 0 spiro atoms. The lowest BCUT2D eigenvalue weighted by Crippen LogP contribution is -2.43. The lowest BCUT2D eigenvalue weighted by molar-refractivity contribution is 0.367. The number of rotatable bonds is 3. The fourth-order valence-electron chi connectivity index (χ4n) is 4.63. The molecule has 0 radical (unpaired) electrons. The first kappa shape index (κ1) is 18.1. The SMILES string of the molecule is CC1(C)CCN(C2=CC(c3ccc(N4CCNCC4)cc3)Nc3ccsc32)C1. The maximum Gasteiger partial charge on any atom is 0.0733 e. The molecule has 0 amide bonds. The molecule has 0 saturated carbocycles. The van der Waals surface area contributed by atoms with E-state index in [4.69, 9.17) is 0 Å². The number of hydrogen-bond acceptors (Lipinski definition) is 5. The Kier molecular flexibility index (Phi) is 4.60. The van der Waals surface area contributed by atoms with Gasteiger partial charge in [0.2, 0.25) is 0 Å². The molecule has 3 aliphatic rings. The molecule has 1 unspecified atom stereocenters. The van der Waals surface area contributed by atoms with Crippen molar-refractivity contribution in [2.45, 2.75) is 26.3 Å². The number of fused-ring (bicyclic) bond motifs is 1. The summed E-state index contributed by atoms with van der Waals surface area (Å²) in [5.74, 6) is 0. The molecule has 5 rings (SSSR count). The van der Waals surface area contributed by atoms with Gasteiger partial charge in [-0.05, 0) is 47.1 Å². The molecule has 2 N–H and O–H groups in total. The van der Waals surface area contributed by atoms with Gasteiger partial charge in [0, 0.05) is 45.0 Å². The first-order valence-corrected chi connectivity index (χ1v) is 11.3. The van der Waals surface area contributed by atoms with Crippen LogP contribution in [0.3, 0.4) is 0 Å². The lowest BCUT2D eigenvalue weighted by Gasteiger charge is -2.32. The Bertz CT molecular complexity index is 861. The molecule has 0 bridgehead atoms. The predicted octanol–water partition coefficient (Wildman–Crippen LogP) is 4.40. The molecule has 0 aliphatic carbocycles. The minimum Gasteiger partial charge on any atom is -0.373 e. The first-order valence-electron chi connectivity index (χ1n) is 10.5. The third-order valence-electron chi connectivity index (χ3n) is 6.29. The summed E-state index contributed by atoms with van der Waals surface area (Å²) in [6.45, 7) is 11.4. The second-order valence-electron chi connectivity index (χ2n) is 9.00. The molecule has 2 aromatic rings. The Morgan fingerprint density at radius 2 is 1.79 bits per heavy atom. The quantitative estimate of drug-likeness (QED) is 0.808. The van der Waals surface area contributed by atoms with Crippen molar-refractivity contribution in [3.05, 3.63) is 52.2 Å². The number of piperazine rings is 1. The highest BCUT2D eigenvalue weighted by atomic mass is 32.1. The summed E-state index contributed by atoms with van der Waals surface area (Å²) in [6, 6.07) is 11.6. The average Bonchev–Trinajstić information content (AvgIpc) is 3.34. The normalized spacial score (nSPS) is 23.9. The van der Waals surface area contributed by atoms with Crippen molar-refractivity contribution in [1.82, 2.24) is 10.2 Å². The molecule has 4 nitrogen and oxygen atoms in total. The molecular formula is C23H30N4S. The summed E-state index contributed by atoms with van der Waals surface area (Å²) in [5.41, 5.74) is 5.78. The van der Waals surface area contributed by atoms with Crippen molar-refractivity contribution < 1.29 is 0 Å². The van der Waals surface area contributed by atoms with E-state index in [1.54, 1.807) is 0 Å². The van der Waals surface area contributed by atoms with Crippen LogP contribution in [0.2, 0.25) is 0 Å². The van der Waals surface area contributed by atoms with Gasteiger partial charge in [-0.25, -0.2) is 0 Å². The van der Waals surface area contributed by atoms with Crippen LogP contribution in [0.15, 0.2) is 41.8 Å². The third kappa shape index (κ3) is 3.42. The van der Waals surface area contributed by atoms with E-state index in [9.17, 15) is 0 Å². The predicted molar refractivity (Wildman–Crippen MR) is 120 cm³/mol. The summed E-state index contributed by atoms with van der Waals surface area (Å²) < 4.78 is 0. The number of anilines is 2. The highest BCUT2D eigenvalue weighted by molar-refractivity contribution is 7.11. The molecule has 2 saturated heterocycles. The second kappa shape index (κ2) is 7.12. The van der Waals surface area contributed by atoms with Gasteiger partial charge in [-0.15, -0.1) is 11.3 Å². The molecule has 5 heteroatoms. The van der Waals surface area contributed by atoms with Gasteiger partial charge >= 0.3 is 0 Å². The van der Waals surface area contributed by atoms with E-state index in [0.717, 1.165) is 39.3 Å². The van der Waals surface area contributed by atoms with Gasteiger partial charge in [-0.2, -0.15) is 0 Å².